The molecule has 1 aliphatic carbocycles. The number of nitrogens with zero attached hydrogens (tertiary/aromatic N) is 1. The van der Waals surface area contributed by atoms with Gasteiger partial charge < -0.3 is 15.0 Å². The average molecular weight is 372 g/mol. The minimum Gasteiger partial charge on any atom is -0.376 e. The second kappa shape index (κ2) is 6.44. The Hall–Kier alpha value is -2.21. The van der Waals surface area contributed by atoms with Gasteiger partial charge in [0, 0.05) is 30.6 Å². The summed E-state index contributed by atoms with van der Waals surface area (Å²) in [6, 6.07) is 5.07. The summed E-state index contributed by atoms with van der Waals surface area (Å²) >= 11 is 0. The molecule has 2 saturated heterocycles. The van der Waals surface area contributed by atoms with Crippen molar-refractivity contribution in [1.29, 1.82) is 0 Å². The Kier molecular flexibility index (Phi) is 4.34. The van der Waals surface area contributed by atoms with Gasteiger partial charge in [0.05, 0.1) is 18.1 Å². The van der Waals surface area contributed by atoms with Crippen molar-refractivity contribution in [3.63, 3.8) is 0 Å². The van der Waals surface area contributed by atoms with Crippen molar-refractivity contribution in [3.05, 3.63) is 47.8 Å². The maximum absolute atomic E-state index is 14.3. The Morgan fingerprint density at radius 1 is 1.41 bits per heavy atom. The highest BCUT2D eigenvalue weighted by molar-refractivity contribution is 5.91. The van der Waals surface area contributed by atoms with Gasteiger partial charge >= 0.3 is 0 Å². The van der Waals surface area contributed by atoms with Gasteiger partial charge in [-0.2, -0.15) is 0 Å². The smallest absolute Gasteiger partial charge is 0.245 e. The molecule has 1 saturated carbocycles. The van der Waals surface area contributed by atoms with Gasteiger partial charge in [0.2, 0.25) is 11.8 Å². The van der Waals surface area contributed by atoms with Gasteiger partial charge in [0.25, 0.3) is 0 Å². The number of ether oxygens (including phenoxy) is 1. The van der Waals surface area contributed by atoms with E-state index in [0.29, 0.717) is 44.6 Å². The van der Waals surface area contributed by atoms with E-state index in [9.17, 15) is 14.0 Å². The van der Waals surface area contributed by atoms with Gasteiger partial charge in [-0.05, 0) is 43.9 Å². The maximum atomic E-state index is 14.3. The molecule has 0 radical (unpaired) electrons. The number of carbonyl (C=O) groups is 2. The molecule has 4 rings (SSSR count). The molecule has 5 nitrogen and oxygen atoms in total. The summed E-state index contributed by atoms with van der Waals surface area (Å²) in [6.07, 6.45) is 3.44. The van der Waals surface area contributed by atoms with Gasteiger partial charge in [-0.1, -0.05) is 18.7 Å². The van der Waals surface area contributed by atoms with Crippen LogP contribution in [-0.2, 0) is 19.7 Å². The van der Waals surface area contributed by atoms with Crippen molar-refractivity contribution in [2.24, 2.45) is 5.41 Å². The van der Waals surface area contributed by atoms with Crippen LogP contribution < -0.4 is 5.32 Å². The molecule has 6 heteroatoms. The predicted molar refractivity (Wildman–Crippen MR) is 98.6 cm³/mol. The molecular formula is C21H25FN2O3. The predicted octanol–water partition coefficient (Wildman–Crippen LogP) is 2.09. The molecule has 2 heterocycles. The van der Waals surface area contributed by atoms with Crippen molar-refractivity contribution >= 4 is 11.8 Å². The molecule has 1 atom stereocenters. The number of hydrogen-bond donors (Lipinski definition) is 1. The fourth-order valence-corrected chi connectivity index (χ4v) is 4.42. The Bertz CT molecular complexity index is 797. The Labute approximate surface area is 158 Å². The number of benzene rings is 1. The van der Waals surface area contributed by atoms with Gasteiger partial charge in [0.15, 0.2) is 0 Å². The fraction of sp³-hybridized carbons (Fsp3) is 0.524. The van der Waals surface area contributed by atoms with Crippen LogP contribution in [0.3, 0.4) is 0 Å². The first-order valence-electron chi connectivity index (χ1n) is 9.45. The minimum absolute atomic E-state index is 0.00833. The van der Waals surface area contributed by atoms with E-state index in [2.05, 4.69) is 11.9 Å². The first-order valence-corrected chi connectivity index (χ1v) is 9.45. The Morgan fingerprint density at radius 3 is 2.78 bits per heavy atom. The maximum Gasteiger partial charge on any atom is 0.245 e. The zero-order chi connectivity index (χ0) is 19.2. The van der Waals surface area contributed by atoms with Gasteiger partial charge in [-0.3, -0.25) is 9.59 Å². The van der Waals surface area contributed by atoms with Crippen LogP contribution in [0.5, 0.6) is 0 Å². The topological polar surface area (TPSA) is 58.6 Å². The van der Waals surface area contributed by atoms with Crippen LogP contribution >= 0.6 is 0 Å². The van der Waals surface area contributed by atoms with E-state index in [-0.39, 0.29) is 29.2 Å². The highest BCUT2D eigenvalue weighted by atomic mass is 19.1. The molecule has 1 aromatic rings. The van der Waals surface area contributed by atoms with Crippen LogP contribution in [-0.4, -0.2) is 49.1 Å². The summed E-state index contributed by atoms with van der Waals surface area (Å²) in [4.78, 5) is 26.1. The molecule has 1 N–H and O–H groups in total. The first kappa shape index (κ1) is 18.2. The van der Waals surface area contributed by atoms with Crippen LogP contribution in [0.25, 0.3) is 0 Å². The second-order valence-electron chi connectivity index (χ2n) is 8.31. The number of halogens is 1. The molecule has 1 aromatic carbocycles. The van der Waals surface area contributed by atoms with Gasteiger partial charge in [0.1, 0.15) is 5.82 Å². The third kappa shape index (κ3) is 3.16. The molecule has 27 heavy (non-hydrogen) atoms. The summed E-state index contributed by atoms with van der Waals surface area (Å²) in [5, 5.41) is 2.97. The fourth-order valence-electron chi connectivity index (χ4n) is 4.42. The quantitative estimate of drug-likeness (QED) is 0.805. The lowest BCUT2D eigenvalue weighted by atomic mass is 9.77. The molecule has 2 aliphatic heterocycles. The van der Waals surface area contributed by atoms with Crippen LogP contribution in [0.2, 0.25) is 0 Å². The van der Waals surface area contributed by atoms with Crippen molar-refractivity contribution in [1.82, 2.24) is 10.2 Å². The molecule has 0 bridgehead atoms. The second-order valence-corrected chi connectivity index (χ2v) is 8.31. The minimum atomic E-state index is -0.724. The van der Waals surface area contributed by atoms with E-state index >= 15 is 0 Å². The molecule has 1 unspecified atom stereocenters. The highest BCUT2D eigenvalue weighted by Crippen LogP contribution is 2.49. The third-order valence-electron chi connectivity index (χ3n) is 6.14. The summed E-state index contributed by atoms with van der Waals surface area (Å²) in [5.41, 5.74) is 0.625. The number of carbonyl (C=O) groups excluding carboxylic acids is 2. The lowest BCUT2D eigenvalue weighted by Gasteiger charge is -2.46. The molecule has 3 fully saturated rings. The van der Waals surface area contributed by atoms with Crippen LogP contribution in [0.15, 0.2) is 30.9 Å². The van der Waals surface area contributed by atoms with E-state index in [1.807, 2.05) is 13.0 Å². The summed E-state index contributed by atoms with van der Waals surface area (Å²) in [6.45, 7) is 7.74. The summed E-state index contributed by atoms with van der Waals surface area (Å²) in [7, 11) is 0. The van der Waals surface area contributed by atoms with E-state index in [0.717, 1.165) is 12.0 Å². The number of likely N-dealkylation sites (tertiary alicyclic amines) is 1. The number of aryl methyl sites for hydroxylation is 1. The summed E-state index contributed by atoms with van der Waals surface area (Å²) < 4.78 is 20.2. The van der Waals surface area contributed by atoms with E-state index in [1.54, 1.807) is 11.0 Å². The van der Waals surface area contributed by atoms with E-state index in [1.165, 1.54) is 12.1 Å². The first-order chi connectivity index (χ1) is 12.9. The van der Waals surface area contributed by atoms with Crippen molar-refractivity contribution in [2.75, 3.05) is 26.2 Å². The zero-order valence-electron chi connectivity index (χ0n) is 15.6. The van der Waals surface area contributed by atoms with Crippen molar-refractivity contribution < 1.29 is 18.7 Å². The number of amides is 2. The number of rotatable bonds is 5. The highest BCUT2D eigenvalue weighted by Gasteiger charge is 2.54. The Morgan fingerprint density at radius 2 is 2.15 bits per heavy atom. The monoisotopic (exact) mass is 372 g/mol. The van der Waals surface area contributed by atoms with Gasteiger partial charge in [-0.25, -0.2) is 4.39 Å². The van der Waals surface area contributed by atoms with Crippen molar-refractivity contribution in [3.8, 4) is 0 Å². The third-order valence-corrected chi connectivity index (χ3v) is 6.14. The van der Waals surface area contributed by atoms with E-state index in [4.69, 9.17) is 4.74 Å². The lowest BCUT2D eigenvalue weighted by molar-refractivity contribution is -0.137. The molecular weight excluding hydrogens is 347 g/mol. The Balaban J connectivity index is 1.32. The molecule has 3 aliphatic rings. The van der Waals surface area contributed by atoms with E-state index < -0.39 is 5.41 Å². The standard InChI is InChI=1S/C21H25FN2O3/c1-3-18(25)24-11-20(12-24)9-15(27-13-20)10-23-19(26)21(6-7-21)16-5-4-14(2)8-17(16)22/h3-5,8,15H,1,6-7,9-13H2,2H3,(H,23,26). The molecule has 144 valence electrons. The SMILES string of the molecule is C=CC(=O)N1CC2(COC(CNC(=O)C3(c4ccc(C)cc4F)CC3)C2)C1. The lowest BCUT2D eigenvalue weighted by Crippen LogP contribution is -2.58. The van der Waals surface area contributed by atoms with Crippen LogP contribution in [0.4, 0.5) is 4.39 Å². The number of nitrogens with one attached hydrogen (secondary N) is 1. The van der Waals surface area contributed by atoms with Crippen molar-refractivity contribution in [2.45, 2.75) is 37.7 Å². The van der Waals surface area contributed by atoms with Gasteiger partial charge in [-0.15, -0.1) is 0 Å². The van der Waals surface area contributed by atoms with Crippen LogP contribution in [0, 0.1) is 18.2 Å². The largest absolute Gasteiger partial charge is 0.376 e. The normalized spacial score (nSPS) is 24.4. The zero-order valence-corrected chi connectivity index (χ0v) is 15.6. The molecule has 2 amide bonds. The molecule has 0 aromatic heterocycles. The average Bonchev–Trinajstić information content (AvgIpc) is 3.30. The van der Waals surface area contributed by atoms with Crippen LogP contribution in [0.1, 0.15) is 30.4 Å². The molecule has 1 spiro atoms. The number of hydrogen-bond acceptors (Lipinski definition) is 3. The summed E-state index contributed by atoms with van der Waals surface area (Å²) in [5.74, 6) is -0.472.